The Balaban J connectivity index is 3.65. The standard InChI is InChI=1S/C13H29N3O/c1-12(2,3)10-15-9-7-6-8-13(4,5)11(14)16-17/h15,17H,6-10H2,1-5H3,(H2,14,16). The van der Waals surface area contributed by atoms with Crippen LogP contribution in [0.1, 0.15) is 53.9 Å². The minimum Gasteiger partial charge on any atom is -0.409 e. The van der Waals surface area contributed by atoms with Crippen molar-refractivity contribution in [3.8, 4) is 0 Å². The van der Waals surface area contributed by atoms with E-state index in [0.717, 1.165) is 32.4 Å². The second kappa shape index (κ2) is 6.84. The third-order valence-electron chi connectivity index (χ3n) is 2.86. The van der Waals surface area contributed by atoms with Gasteiger partial charge in [-0.25, -0.2) is 0 Å². The molecule has 0 atom stereocenters. The van der Waals surface area contributed by atoms with Crippen molar-refractivity contribution in [1.82, 2.24) is 5.32 Å². The zero-order chi connectivity index (χ0) is 13.5. The van der Waals surface area contributed by atoms with Gasteiger partial charge < -0.3 is 16.3 Å². The van der Waals surface area contributed by atoms with Crippen LogP contribution in [0.3, 0.4) is 0 Å². The van der Waals surface area contributed by atoms with Crippen LogP contribution >= 0.6 is 0 Å². The largest absolute Gasteiger partial charge is 0.409 e. The number of hydrogen-bond acceptors (Lipinski definition) is 3. The molecule has 0 saturated carbocycles. The quantitative estimate of drug-likeness (QED) is 0.212. The molecule has 0 aromatic carbocycles. The van der Waals surface area contributed by atoms with Gasteiger partial charge in [-0.1, -0.05) is 46.2 Å². The van der Waals surface area contributed by atoms with Gasteiger partial charge >= 0.3 is 0 Å². The molecule has 0 amide bonds. The number of amidine groups is 1. The van der Waals surface area contributed by atoms with Crippen molar-refractivity contribution in [2.24, 2.45) is 21.7 Å². The molecule has 0 rings (SSSR count). The van der Waals surface area contributed by atoms with Crippen molar-refractivity contribution < 1.29 is 5.21 Å². The fraction of sp³-hybridized carbons (Fsp3) is 0.923. The molecular formula is C13H29N3O. The smallest absolute Gasteiger partial charge is 0.144 e. The minimum absolute atomic E-state index is 0.210. The number of nitrogens with two attached hydrogens (primary N) is 1. The number of nitrogens with one attached hydrogen (secondary N) is 1. The molecule has 0 aliphatic heterocycles. The molecule has 0 aromatic heterocycles. The predicted molar refractivity (Wildman–Crippen MR) is 73.4 cm³/mol. The predicted octanol–water partition coefficient (Wildman–Crippen LogP) is 2.56. The van der Waals surface area contributed by atoms with E-state index in [1.54, 1.807) is 0 Å². The highest BCUT2D eigenvalue weighted by atomic mass is 16.4. The molecule has 4 N–H and O–H groups in total. The molecule has 17 heavy (non-hydrogen) atoms. The second-order valence-corrected chi connectivity index (χ2v) is 6.56. The Morgan fingerprint density at radius 1 is 1.18 bits per heavy atom. The summed E-state index contributed by atoms with van der Waals surface area (Å²) in [7, 11) is 0. The number of hydrogen-bond donors (Lipinski definition) is 3. The van der Waals surface area contributed by atoms with E-state index in [1.165, 1.54) is 0 Å². The molecule has 4 heteroatoms. The first-order chi connectivity index (χ1) is 7.69. The summed E-state index contributed by atoms with van der Waals surface area (Å²) >= 11 is 0. The maximum Gasteiger partial charge on any atom is 0.144 e. The van der Waals surface area contributed by atoms with E-state index < -0.39 is 0 Å². The lowest BCUT2D eigenvalue weighted by atomic mass is 9.86. The van der Waals surface area contributed by atoms with E-state index in [9.17, 15) is 0 Å². The molecular weight excluding hydrogens is 214 g/mol. The van der Waals surface area contributed by atoms with Crippen LogP contribution in [0.5, 0.6) is 0 Å². The van der Waals surface area contributed by atoms with Crippen molar-refractivity contribution >= 4 is 5.84 Å². The summed E-state index contributed by atoms with van der Waals surface area (Å²) in [5.74, 6) is 0.320. The average molecular weight is 243 g/mol. The zero-order valence-electron chi connectivity index (χ0n) is 12.0. The van der Waals surface area contributed by atoms with E-state index in [1.807, 2.05) is 13.8 Å². The van der Waals surface area contributed by atoms with Gasteiger partial charge in [-0.15, -0.1) is 0 Å². The van der Waals surface area contributed by atoms with E-state index >= 15 is 0 Å². The third kappa shape index (κ3) is 8.02. The first-order valence-corrected chi connectivity index (χ1v) is 6.38. The minimum atomic E-state index is -0.210. The Bertz CT molecular complexity index is 242. The van der Waals surface area contributed by atoms with Gasteiger partial charge in [-0.2, -0.15) is 0 Å². The van der Waals surface area contributed by atoms with E-state index in [0.29, 0.717) is 11.3 Å². The summed E-state index contributed by atoms with van der Waals surface area (Å²) in [6, 6.07) is 0. The monoisotopic (exact) mass is 243 g/mol. The molecule has 4 nitrogen and oxygen atoms in total. The van der Waals surface area contributed by atoms with Gasteiger partial charge in [0.1, 0.15) is 5.84 Å². The van der Waals surface area contributed by atoms with Crippen molar-refractivity contribution in [2.75, 3.05) is 13.1 Å². The number of unbranched alkanes of at least 4 members (excludes halogenated alkanes) is 1. The fourth-order valence-electron chi connectivity index (χ4n) is 1.54. The summed E-state index contributed by atoms with van der Waals surface area (Å²) < 4.78 is 0. The van der Waals surface area contributed by atoms with Crippen LogP contribution in [0.15, 0.2) is 5.16 Å². The molecule has 0 radical (unpaired) electrons. The topological polar surface area (TPSA) is 70.6 Å². The SMILES string of the molecule is CC(C)(C)CNCCCCC(C)(C)C(N)=NO. The van der Waals surface area contributed by atoms with Crippen molar-refractivity contribution in [3.05, 3.63) is 0 Å². The molecule has 0 spiro atoms. The van der Waals surface area contributed by atoms with Crippen molar-refractivity contribution in [2.45, 2.75) is 53.9 Å². The maximum atomic E-state index is 8.65. The van der Waals surface area contributed by atoms with Gasteiger partial charge in [0.05, 0.1) is 0 Å². The Labute approximate surface area is 106 Å². The lowest BCUT2D eigenvalue weighted by Gasteiger charge is -2.23. The third-order valence-corrected chi connectivity index (χ3v) is 2.86. The van der Waals surface area contributed by atoms with Gasteiger partial charge in [-0.05, 0) is 31.3 Å². The van der Waals surface area contributed by atoms with Crippen LogP contribution in [0.4, 0.5) is 0 Å². The maximum absolute atomic E-state index is 8.65. The Hall–Kier alpha value is -0.770. The first-order valence-electron chi connectivity index (χ1n) is 6.38. The normalized spacial score (nSPS) is 14.1. The molecule has 0 heterocycles. The summed E-state index contributed by atoms with van der Waals surface area (Å²) in [5, 5.41) is 15.2. The highest BCUT2D eigenvalue weighted by Crippen LogP contribution is 2.23. The van der Waals surface area contributed by atoms with Crippen molar-refractivity contribution in [3.63, 3.8) is 0 Å². The number of oxime groups is 1. The molecule has 0 unspecified atom stereocenters. The molecule has 0 aliphatic rings. The molecule has 0 aromatic rings. The van der Waals surface area contributed by atoms with Crippen LogP contribution in [0.25, 0.3) is 0 Å². The second-order valence-electron chi connectivity index (χ2n) is 6.56. The summed E-state index contributed by atoms with van der Waals surface area (Å²) in [6.45, 7) is 12.7. The van der Waals surface area contributed by atoms with E-state index in [-0.39, 0.29) is 5.41 Å². The summed E-state index contributed by atoms with van der Waals surface area (Å²) in [5.41, 5.74) is 5.76. The van der Waals surface area contributed by atoms with Crippen LogP contribution in [-0.4, -0.2) is 24.1 Å². The molecule has 0 aliphatic carbocycles. The molecule has 0 fully saturated rings. The number of nitrogens with zero attached hydrogens (tertiary/aromatic N) is 1. The average Bonchev–Trinajstić information content (AvgIpc) is 2.20. The van der Waals surface area contributed by atoms with E-state index in [4.69, 9.17) is 10.9 Å². The molecule has 102 valence electrons. The fourth-order valence-corrected chi connectivity index (χ4v) is 1.54. The van der Waals surface area contributed by atoms with E-state index in [2.05, 4.69) is 31.2 Å². The Morgan fingerprint density at radius 3 is 2.24 bits per heavy atom. The summed E-state index contributed by atoms with van der Waals surface area (Å²) in [6.07, 6.45) is 3.15. The van der Waals surface area contributed by atoms with Crippen LogP contribution < -0.4 is 11.1 Å². The highest BCUT2D eigenvalue weighted by molar-refractivity contribution is 5.85. The van der Waals surface area contributed by atoms with Crippen molar-refractivity contribution in [1.29, 1.82) is 0 Å². The number of rotatable bonds is 7. The highest BCUT2D eigenvalue weighted by Gasteiger charge is 2.22. The van der Waals surface area contributed by atoms with Crippen LogP contribution in [0.2, 0.25) is 0 Å². The van der Waals surface area contributed by atoms with Gasteiger partial charge in [0.2, 0.25) is 0 Å². The molecule has 0 saturated heterocycles. The Kier molecular flexibility index (Phi) is 6.53. The molecule has 0 bridgehead atoms. The van der Waals surface area contributed by atoms with Gasteiger partial charge in [0.25, 0.3) is 0 Å². The lowest BCUT2D eigenvalue weighted by Crippen LogP contribution is -2.32. The van der Waals surface area contributed by atoms with Crippen LogP contribution in [0, 0.1) is 10.8 Å². The van der Waals surface area contributed by atoms with Gasteiger partial charge in [-0.3, -0.25) is 0 Å². The van der Waals surface area contributed by atoms with Crippen LogP contribution in [-0.2, 0) is 0 Å². The lowest BCUT2D eigenvalue weighted by molar-refractivity contribution is 0.304. The summed E-state index contributed by atoms with van der Waals surface area (Å²) in [4.78, 5) is 0. The van der Waals surface area contributed by atoms with Gasteiger partial charge in [0, 0.05) is 5.41 Å². The zero-order valence-corrected chi connectivity index (χ0v) is 12.0. The van der Waals surface area contributed by atoms with Gasteiger partial charge in [0.15, 0.2) is 0 Å². The Morgan fingerprint density at radius 2 is 1.76 bits per heavy atom. The first kappa shape index (κ1) is 16.2.